The van der Waals surface area contributed by atoms with Gasteiger partial charge in [0.05, 0.1) is 24.8 Å². The van der Waals surface area contributed by atoms with Crippen LogP contribution in [0, 0.1) is 0 Å². The zero-order chi connectivity index (χ0) is 14.4. The van der Waals surface area contributed by atoms with E-state index in [2.05, 4.69) is 10.2 Å². The third kappa shape index (κ3) is 3.73. The summed E-state index contributed by atoms with van der Waals surface area (Å²) in [6.07, 6.45) is 0. The standard InChI is InChI=1S/C13H16ClN3O2S/c1-17-12(10-4-2-3-5-11(10)14)15-16-13(17)20-9-8-19-7-6-18/h2-5,18H,6-9H2,1H3. The molecule has 1 heterocycles. The Balaban J connectivity index is 2.02. The Morgan fingerprint density at radius 2 is 2.10 bits per heavy atom. The second-order valence-electron chi connectivity index (χ2n) is 4.03. The maximum Gasteiger partial charge on any atom is 0.191 e. The predicted molar refractivity (Wildman–Crippen MR) is 80.1 cm³/mol. The number of aliphatic hydroxyl groups is 1. The van der Waals surface area contributed by atoms with E-state index in [4.69, 9.17) is 21.4 Å². The Hall–Kier alpha value is -1.08. The van der Waals surface area contributed by atoms with E-state index in [1.165, 1.54) is 0 Å². The number of thioether (sulfide) groups is 1. The Morgan fingerprint density at radius 3 is 2.85 bits per heavy atom. The average Bonchev–Trinajstić information content (AvgIpc) is 2.81. The Labute approximate surface area is 126 Å². The topological polar surface area (TPSA) is 60.2 Å². The first-order chi connectivity index (χ1) is 9.74. The van der Waals surface area contributed by atoms with Crippen molar-refractivity contribution >= 4 is 23.4 Å². The van der Waals surface area contributed by atoms with Gasteiger partial charge >= 0.3 is 0 Å². The number of ether oxygens (including phenoxy) is 1. The monoisotopic (exact) mass is 313 g/mol. The molecule has 0 aliphatic heterocycles. The summed E-state index contributed by atoms with van der Waals surface area (Å²) in [6, 6.07) is 7.56. The summed E-state index contributed by atoms with van der Waals surface area (Å²) in [5.74, 6) is 1.50. The molecule has 7 heteroatoms. The lowest BCUT2D eigenvalue weighted by atomic mass is 10.2. The summed E-state index contributed by atoms with van der Waals surface area (Å²) in [5.41, 5.74) is 0.868. The number of aromatic nitrogens is 3. The highest BCUT2D eigenvalue weighted by atomic mass is 35.5. The van der Waals surface area contributed by atoms with Gasteiger partial charge in [-0.05, 0) is 12.1 Å². The molecule has 0 saturated carbocycles. The number of aliphatic hydroxyl groups excluding tert-OH is 1. The number of rotatable bonds is 7. The van der Waals surface area contributed by atoms with E-state index in [1.54, 1.807) is 11.8 Å². The predicted octanol–water partition coefficient (Wildman–Crippen LogP) is 2.24. The molecule has 0 radical (unpaired) electrons. The van der Waals surface area contributed by atoms with Crippen molar-refractivity contribution < 1.29 is 9.84 Å². The van der Waals surface area contributed by atoms with E-state index < -0.39 is 0 Å². The average molecular weight is 314 g/mol. The van der Waals surface area contributed by atoms with Crippen molar-refractivity contribution in [2.24, 2.45) is 7.05 Å². The van der Waals surface area contributed by atoms with Gasteiger partial charge in [-0.2, -0.15) is 0 Å². The molecule has 108 valence electrons. The van der Waals surface area contributed by atoms with Crippen LogP contribution in [0.5, 0.6) is 0 Å². The van der Waals surface area contributed by atoms with Gasteiger partial charge in [0, 0.05) is 18.4 Å². The van der Waals surface area contributed by atoms with E-state index in [1.807, 2.05) is 35.9 Å². The van der Waals surface area contributed by atoms with E-state index in [9.17, 15) is 0 Å². The second-order valence-corrected chi connectivity index (χ2v) is 5.50. The van der Waals surface area contributed by atoms with Crippen LogP contribution in [0.2, 0.25) is 5.02 Å². The van der Waals surface area contributed by atoms with Crippen molar-refractivity contribution in [2.75, 3.05) is 25.6 Å². The molecule has 1 aromatic heterocycles. The molecule has 0 saturated heterocycles. The number of nitrogens with zero attached hydrogens (tertiary/aromatic N) is 3. The molecule has 2 rings (SSSR count). The quantitative estimate of drug-likeness (QED) is 0.627. The van der Waals surface area contributed by atoms with E-state index in [0.29, 0.717) is 18.2 Å². The molecule has 1 N–H and O–H groups in total. The van der Waals surface area contributed by atoms with Gasteiger partial charge in [0.2, 0.25) is 0 Å². The largest absolute Gasteiger partial charge is 0.394 e. The molecule has 0 unspecified atom stereocenters. The van der Waals surface area contributed by atoms with Crippen LogP contribution >= 0.6 is 23.4 Å². The Morgan fingerprint density at radius 1 is 1.30 bits per heavy atom. The van der Waals surface area contributed by atoms with E-state index in [-0.39, 0.29) is 6.61 Å². The first-order valence-electron chi connectivity index (χ1n) is 6.19. The first kappa shape index (κ1) is 15.3. The van der Waals surface area contributed by atoms with Gasteiger partial charge in [0.25, 0.3) is 0 Å². The Bertz CT molecular complexity index is 562. The highest BCUT2D eigenvalue weighted by Gasteiger charge is 2.13. The SMILES string of the molecule is Cn1c(SCCOCCO)nnc1-c1ccccc1Cl. The number of hydrogen-bond acceptors (Lipinski definition) is 5. The minimum Gasteiger partial charge on any atom is -0.394 e. The van der Waals surface area contributed by atoms with Gasteiger partial charge < -0.3 is 14.4 Å². The molecule has 0 spiro atoms. The van der Waals surface area contributed by atoms with E-state index in [0.717, 1.165) is 22.3 Å². The van der Waals surface area contributed by atoms with Gasteiger partial charge in [-0.1, -0.05) is 35.5 Å². The fourth-order valence-corrected chi connectivity index (χ4v) is 2.66. The van der Waals surface area contributed by atoms with Crippen LogP contribution in [0.15, 0.2) is 29.4 Å². The van der Waals surface area contributed by atoms with Crippen LogP contribution in [0.4, 0.5) is 0 Å². The molecule has 5 nitrogen and oxygen atoms in total. The molecule has 1 aromatic carbocycles. The van der Waals surface area contributed by atoms with Crippen molar-refractivity contribution in [1.29, 1.82) is 0 Å². The summed E-state index contributed by atoms with van der Waals surface area (Å²) in [7, 11) is 1.91. The van der Waals surface area contributed by atoms with Gasteiger partial charge in [-0.3, -0.25) is 0 Å². The molecule has 0 aliphatic carbocycles. The van der Waals surface area contributed by atoms with Crippen molar-refractivity contribution in [3.05, 3.63) is 29.3 Å². The third-order valence-electron chi connectivity index (χ3n) is 2.64. The lowest BCUT2D eigenvalue weighted by Crippen LogP contribution is -2.03. The van der Waals surface area contributed by atoms with Gasteiger partial charge in [0.1, 0.15) is 0 Å². The molecular formula is C13H16ClN3O2S. The highest BCUT2D eigenvalue weighted by Crippen LogP contribution is 2.28. The van der Waals surface area contributed by atoms with Crippen molar-refractivity contribution in [3.8, 4) is 11.4 Å². The summed E-state index contributed by atoms with van der Waals surface area (Å²) in [4.78, 5) is 0. The molecule has 20 heavy (non-hydrogen) atoms. The highest BCUT2D eigenvalue weighted by molar-refractivity contribution is 7.99. The molecule has 2 aromatic rings. The molecular weight excluding hydrogens is 298 g/mol. The third-order valence-corrected chi connectivity index (χ3v) is 3.96. The van der Waals surface area contributed by atoms with Crippen LogP contribution in [0.3, 0.4) is 0 Å². The summed E-state index contributed by atoms with van der Waals surface area (Å²) < 4.78 is 7.12. The second kappa shape index (κ2) is 7.64. The normalized spacial score (nSPS) is 10.9. The number of hydrogen-bond donors (Lipinski definition) is 1. The van der Waals surface area contributed by atoms with Crippen molar-refractivity contribution in [3.63, 3.8) is 0 Å². The van der Waals surface area contributed by atoms with Gasteiger partial charge in [0.15, 0.2) is 11.0 Å². The van der Waals surface area contributed by atoms with Crippen LogP contribution < -0.4 is 0 Å². The molecule has 0 amide bonds. The molecule has 0 aliphatic rings. The number of halogens is 1. The van der Waals surface area contributed by atoms with Crippen LogP contribution in [-0.4, -0.2) is 45.4 Å². The minimum atomic E-state index is 0.0469. The number of benzene rings is 1. The lowest BCUT2D eigenvalue weighted by molar-refractivity contribution is 0.103. The van der Waals surface area contributed by atoms with Crippen LogP contribution in [0.1, 0.15) is 0 Å². The summed E-state index contributed by atoms with van der Waals surface area (Å²) in [6.45, 7) is 0.981. The smallest absolute Gasteiger partial charge is 0.191 e. The van der Waals surface area contributed by atoms with Crippen LogP contribution in [0.25, 0.3) is 11.4 Å². The van der Waals surface area contributed by atoms with Gasteiger partial charge in [-0.15, -0.1) is 10.2 Å². The van der Waals surface area contributed by atoms with E-state index >= 15 is 0 Å². The zero-order valence-corrected chi connectivity index (χ0v) is 12.7. The fraction of sp³-hybridized carbons (Fsp3) is 0.385. The lowest BCUT2D eigenvalue weighted by Gasteiger charge is -2.05. The Kier molecular flexibility index (Phi) is 5.85. The summed E-state index contributed by atoms with van der Waals surface area (Å²) in [5, 5.41) is 18.4. The minimum absolute atomic E-state index is 0.0469. The van der Waals surface area contributed by atoms with Crippen molar-refractivity contribution in [2.45, 2.75) is 5.16 Å². The fourth-order valence-electron chi connectivity index (χ4n) is 1.68. The molecule has 0 fully saturated rings. The first-order valence-corrected chi connectivity index (χ1v) is 7.56. The zero-order valence-electron chi connectivity index (χ0n) is 11.1. The summed E-state index contributed by atoms with van der Waals surface area (Å²) >= 11 is 7.73. The van der Waals surface area contributed by atoms with Gasteiger partial charge in [-0.25, -0.2) is 0 Å². The van der Waals surface area contributed by atoms with Crippen molar-refractivity contribution in [1.82, 2.24) is 14.8 Å². The van der Waals surface area contributed by atoms with Crippen LogP contribution in [-0.2, 0) is 11.8 Å². The maximum atomic E-state index is 8.61. The maximum absolute atomic E-state index is 8.61. The molecule has 0 bridgehead atoms. The molecule has 0 atom stereocenters.